The monoisotopic (exact) mass is 636 g/mol. The standard InChI is InChI=1S/C34H45FN6O5/c1-23-4-6-27-19-26(23)21-38-31(43)28(7-5-24-8-13-36-14-9-24)39-32(44)29(40-33(45)34(35)11-15-37-16-12-34)20-30(42)41-17-2-3-25(22-41)10-18-46-27/h4,6,8-9,13-14,19,25,28-29,37H,2-3,5,7,10-12,15-18,20-22H2,1H3,(H,38,43)(H,39,44)(H,40,45)/t25?,28?,29-/m0/s1. The van der Waals surface area contributed by atoms with E-state index in [1.807, 2.05) is 37.3 Å². The molecular formula is C34H45FN6O5. The van der Waals surface area contributed by atoms with Crippen LogP contribution in [0.25, 0.3) is 0 Å². The summed E-state index contributed by atoms with van der Waals surface area (Å²) in [6.45, 7) is 4.37. The third kappa shape index (κ3) is 8.80. The van der Waals surface area contributed by atoms with Crippen LogP contribution >= 0.6 is 0 Å². The molecule has 1 aromatic carbocycles. The van der Waals surface area contributed by atoms with Gasteiger partial charge in [-0.1, -0.05) is 6.07 Å². The Hall–Kier alpha value is -4.06. The molecule has 0 radical (unpaired) electrons. The van der Waals surface area contributed by atoms with Gasteiger partial charge in [-0.3, -0.25) is 24.2 Å². The number of hydrogen-bond acceptors (Lipinski definition) is 7. The van der Waals surface area contributed by atoms with Crippen LogP contribution in [0.5, 0.6) is 5.75 Å². The fraction of sp³-hybridized carbons (Fsp3) is 0.559. The van der Waals surface area contributed by atoms with Gasteiger partial charge in [-0.05, 0) is 99.0 Å². The average Bonchev–Trinajstić information content (AvgIpc) is 3.06. The summed E-state index contributed by atoms with van der Waals surface area (Å²) in [6, 6.07) is 7.12. The van der Waals surface area contributed by atoms with Crippen LogP contribution in [0.2, 0.25) is 0 Å². The molecule has 3 aliphatic heterocycles. The minimum absolute atomic E-state index is 0.0332. The molecule has 248 valence electrons. The van der Waals surface area contributed by atoms with E-state index in [0.717, 1.165) is 36.0 Å². The minimum atomic E-state index is -2.15. The van der Waals surface area contributed by atoms with Gasteiger partial charge >= 0.3 is 0 Å². The summed E-state index contributed by atoms with van der Waals surface area (Å²) in [7, 11) is 0. The van der Waals surface area contributed by atoms with Crippen LogP contribution < -0.4 is 26.0 Å². The summed E-state index contributed by atoms with van der Waals surface area (Å²) in [5, 5.41) is 11.3. The summed E-state index contributed by atoms with van der Waals surface area (Å²) >= 11 is 0. The summed E-state index contributed by atoms with van der Waals surface area (Å²) in [4.78, 5) is 60.1. The lowest BCUT2D eigenvalue weighted by Crippen LogP contribution is -2.59. The van der Waals surface area contributed by atoms with Gasteiger partial charge in [0.1, 0.15) is 17.8 Å². The van der Waals surface area contributed by atoms with Gasteiger partial charge in [0.05, 0.1) is 13.0 Å². The molecule has 3 atom stereocenters. The number of nitrogens with zero attached hydrogens (tertiary/aromatic N) is 2. The van der Waals surface area contributed by atoms with Crippen molar-refractivity contribution in [1.29, 1.82) is 0 Å². The fourth-order valence-corrected chi connectivity index (χ4v) is 6.36. The first-order valence-corrected chi connectivity index (χ1v) is 16.4. The van der Waals surface area contributed by atoms with E-state index < -0.39 is 35.5 Å². The van der Waals surface area contributed by atoms with E-state index in [1.165, 1.54) is 0 Å². The zero-order valence-corrected chi connectivity index (χ0v) is 26.5. The Labute approximate surface area is 269 Å². The van der Waals surface area contributed by atoms with Crippen LogP contribution in [-0.4, -0.2) is 84.1 Å². The number of aryl methyl sites for hydroxylation is 2. The van der Waals surface area contributed by atoms with Gasteiger partial charge in [-0.25, -0.2) is 4.39 Å². The molecule has 46 heavy (non-hydrogen) atoms. The molecule has 12 heteroatoms. The van der Waals surface area contributed by atoms with Gasteiger partial charge in [0.15, 0.2) is 5.67 Å². The van der Waals surface area contributed by atoms with Crippen molar-refractivity contribution >= 4 is 23.6 Å². The largest absolute Gasteiger partial charge is 0.494 e. The molecule has 4 amide bonds. The number of halogens is 1. The highest BCUT2D eigenvalue weighted by atomic mass is 19.1. The topological polar surface area (TPSA) is 142 Å². The number of carbonyl (C=O) groups is 4. The molecule has 2 fully saturated rings. The van der Waals surface area contributed by atoms with E-state index in [1.54, 1.807) is 17.3 Å². The van der Waals surface area contributed by atoms with Crippen molar-refractivity contribution in [3.05, 3.63) is 59.4 Å². The number of carbonyl (C=O) groups excluding carboxylic acids is 4. The summed E-state index contributed by atoms with van der Waals surface area (Å²) in [5.41, 5.74) is 0.659. The third-order valence-corrected chi connectivity index (χ3v) is 9.35. The number of aromatic nitrogens is 1. The van der Waals surface area contributed by atoms with Crippen LogP contribution in [-0.2, 0) is 32.1 Å². The van der Waals surface area contributed by atoms with Gasteiger partial charge in [0, 0.05) is 44.9 Å². The normalized spacial score (nSPS) is 24.4. The van der Waals surface area contributed by atoms with Crippen molar-refractivity contribution in [2.45, 2.75) is 82.6 Å². The van der Waals surface area contributed by atoms with Crippen molar-refractivity contribution in [2.24, 2.45) is 5.92 Å². The Morgan fingerprint density at radius 2 is 1.89 bits per heavy atom. The van der Waals surface area contributed by atoms with Crippen LogP contribution in [0.1, 0.15) is 61.6 Å². The maximum Gasteiger partial charge on any atom is 0.258 e. The highest BCUT2D eigenvalue weighted by Gasteiger charge is 2.42. The Bertz CT molecular complexity index is 1390. The summed E-state index contributed by atoms with van der Waals surface area (Å²) in [6.07, 6.45) is 6.16. The fourth-order valence-electron chi connectivity index (χ4n) is 6.36. The molecule has 2 unspecified atom stereocenters. The first-order valence-electron chi connectivity index (χ1n) is 16.4. The number of nitrogens with one attached hydrogen (secondary N) is 4. The molecule has 3 aliphatic rings. The SMILES string of the molecule is Cc1ccc2cc1CNC(=O)C(CCc1ccncc1)NC(=O)[C@@H](NC(=O)C1(F)CCNCC1)CC(=O)N1CCCC(CCO2)C1. The lowest BCUT2D eigenvalue weighted by molar-refractivity contribution is -0.141. The van der Waals surface area contributed by atoms with Crippen LogP contribution in [0.3, 0.4) is 0 Å². The van der Waals surface area contributed by atoms with E-state index in [4.69, 9.17) is 4.74 Å². The van der Waals surface area contributed by atoms with E-state index in [2.05, 4.69) is 26.3 Å². The number of pyridine rings is 1. The number of fused-ring (bicyclic) bond motifs is 4. The zero-order valence-electron chi connectivity index (χ0n) is 26.5. The molecule has 11 nitrogen and oxygen atoms in total. The van der Waals surface area contributed by atoms with E-state index in [0.29, 0.717) is 45.0 Å². The van der Waals surface area contributed by atoms with Crippen LogP contribution in [0.15, 0.2) is 42.7 Å². The van der Waals surface area contributed by atoms with Crippen LogP contribution in [0.4, 0.5) is 4.39 Å². The Balaban J connectivity index is 1.41. The molecule has 2 aromatic rings. The van der Waals surface area contributed by atoms with Crippen molar-refractivity contribution in [3.63, 3.8) is 0 Å². The predicted molar refractivity (Wildman–Crippen MR) is 169 cm³/mol. The number of ether oxygens (including phenoxy) is 1. The zero-order chi connectivity index (χ0) is 32.5. The second-order valence-corrected chi connectivity index (χ2v) is 12.7. The van der Waals surface area contributed by atoms with Crippen molar-refractivity contribution in [1.82, 2.24) is 31.2 Å². The van der Waals surface area contributed by atoms with Crippen molar-refractivity contribution in [2.75, 3.05) is 32.8 Å². The van der Waals surface area contributed by atoms with Crippen molar-refractivity contribution < 1.29 is 28.3 Å². The first-order chi connectivity index (χ1) is 22.2. The molecule has 0 spiro atoms. The smallest absolute Gasteiger partial charge is 0.258 e. The van der Waals surface area contributed by atoms with Gasteiger partial charge in [0.25, 0.3) is 5.91 Å². The molecule has 0 saturated carbocycles. The number of alkyl halides is 1. The summed E-state index contributed by atoms with van der Waals surface area (Å²) < 4.78 is 21.7. The van der Waals surface area contributed by atoms with Gasteiger partial charge in [-0.15, -0.1) is 0 Å². The molecule has 4 heterocycles. The number of rotatable bonds is 5. The summed E-state index contributed by atoms with van der Waals surface area (Å²) in [5.74, 6) is -1.39. The highest BCUT2D eigenvalue weighted by Crippen LogP contribution is 2.25. The highest BCUT2D eigenvalue weighted by molar-refractivity contribution is 5.96. The number of benzene rings is 1. The molecule has 2 saturated heterocycles. The lowest BCUT2D eigenvalue weighted by atomic mass is 9.92. The second kappa shape index (κ2) is 15.5. The van der Waals surface area contributed by atoms with Crippen molar-refractivity contribution in [3.8, 4) is 5.75 Å². The predicted octanol–water partition coefficient (Wildman–Crippen LogP) is 2.11. The Kier molecular flexibility index (Phi) is 11.2. The second-order valence-electron chi connectivity index (χ2n) is 12.7. The number of amides is 4. The average molecular weight is 637 g/mol. The maximum atomic E-state index is 15.7. The lowest BCUT2D eigenvalue weighted by Gasteiger charge is -2.34. The Morgan fingerprint density at radius 3 is 2.67 bits per heavy atom. The quantitative estimate of drug-likeness (QED) is 0.394. The molecule has 5 rings (SSSR count). The minimum Gasteiger partial charge on any atom is -0.494 e. The van der Waals surface area contributed by atoms with Gasteiger partial charge in [0.2, 0.25) is 17.7 Å². The molecular weight excluding hydrogens is 591 g/mol. The molecule has 4 N–H and O–H groups in total. The van der Waals surface area contributed by atoms with Gasteiger partial charge < -0.3 is 30.9 Å². The number of hydrogen-bond donors (Lipinski definition) is 4. The molecule has 4 bridgehead atoms. The first kappa shape index (κ1) is 33.3. The van der Waals surface area contributed by atoms with E-state index in [9.17, 15) is 19.2 Å². The van der Waals surface area contributed by atoms with E-state index in [-0.39, 0.29) is 44.1 Å². The maximum absolute atomic E-state index is 15.7. The Morgan fingerprint density at radius 1 is 1.11 bits per heavy atom. The third-order valence-electron chi connectivity index (χ3n) is 9.35. The van der Waals surface area contributed by atoms with Gasteiger partial charge in [-0.2, -0.15) is 0 Å². The number of piperidine rings is 2. The van der Waals surface area contributed by atoms with E-state index >= 15 is 4.39 Å². The van der Waals surface area contributed by atoms with Crippen LogP contribution in [0, 0.1) is 12.8 Å². The molecule has 1 aromatic heterocycles. The molecule has 0 aliphatic carbocycles.